The van der Waals surface area contributed by atoms with E-state index in [0.717, 1.165) is 46.8 Å². The number of aryl methyl sites for hydroxylation is 1. The van der Waals surface area contributed by atoms with Crippen LogP contribution in [0.25, 0.3) is 10.2 Å². The van der Waals surface area contributed by atoms with Crippen LogP contribution in [-0.4, -0.2) is 40.7 Å². The summed E-state index contributed by atoms with van der Waals surface area (Å²) in [4.78, 5) is 30.4. The van der Waals surface area contributed by atoms with E-state index in [1.807, 2.05) is 53.5 Å². The summed E-state index contributed by atoms with van der Waals surface area (Å²) in [6.07, 6.45) is 3.81. The standard InChI is InChI=1S/C26H22ClN5O3S/c1-3-35-26(34)23-16(2)22-24(36-23)28-15-32(25(22)33)29-14-17-4-10-20(11-5-17)31-13-12-21(30-31)18-6-8-19(27)9-7-18/h4-11,14-15H,3,12-13H2,1-2H3/b29-14+. The Hall–Kier alpha value is -3.82. The van der Waals surface area contributed by atoms with Gasteiger partial charge in [-0.1, -0.05) is 35.9 Å². The first-order valence-corrected chi connectivity index (χ1v) is 12.6. The van der Waals surface area contributed by atoms with E-state index < -0.39 is 5.97 Å². The summed E-state index contributed by atoms with van der Waals surface area (Å²) in [6, 6.07) is 15.5. The number of nitrogens with zero attached hydrogens (tertiary/aromatic N) is 5. The highest BCUT2D eigenvalue weighted by Crippen LogP contribution is 2.27. The van der Waals surface area contributed by atoms with E-state index in [0.29, 0.717) is 25.7 Å². The van der Waals surface area contributed by atoms with Crippen LogP contribution in [0.1, 0.15) is 39.7 Å². The summed E-state index contributed by atoms with van der Waals surface area (Å²) < 4.78 is 6.26. The second-order valence-electron chi connectivity index (χ2n) is 8.11. The lowest BCUT2D eigenvalue weighted by atomic mass is 10.1. The van der Waals surface area contributed by atoms with Crippen LogP contribution in [0.4, 0.5) is 5.69 Å². The predicted octanol–water partition coefficient (Wildman–Crippen LogP) is 5.09. The summed E-state index contributed by atoms with van der Waals surface area (Å²) in [5.74, 6) is -0.449. The molecule has 0 atom stereocenters. The Bertz CT molecular complexity index is 1560. The summed E-state index contributed by atoms with van der Waals surface area (Å²) in [7, 11) is 0. The third-order valence-corrected chi connectivity index (χ3v) is 7.23. The van der Waals surface area contributed by atoms with Gasteiger partial charge in [-0.05, 0) is 54.8 Å². The summed E-state index contributed by atoms with van der Waals surface area (Å²) >= 11 is 7.14. The number of hydrogen-bond donors (Lipinski definition) is 0. The van der Waals surface area contributed by atoms with Gasteiger partial charge < -0.3 is 4.74 Å². The molecule has 1 aliphatic rings. The maximum absolute atomic E-state index is 13.0. The Morgan fingerprint density at radius 2 is 1.94 bits per heavy atom. The molecule has 0 unspecified atom stereocenters. The van der Waals surface area contributed by atoms with Gasteiger partial charge in [0.15, 0.2) is 0 Å². The van der Waals surface area contributed by atoms with Crippen LogP contribution < -0.4 is 10.6 Å². The highest BCUT2D eigenvalue weighted by atomic mass is 35.5. The number of carbonyl (C=O) groups excluding carboxylic acids is 1. The number of hydrogen-bond acceptors (Lipinski definition) is 8. The maximum Gasteiger partial charge on any atom is 0.348 e. The van der Waals surface area contributed by atoms with Crippen molar-refractivity contribution in [1.29, 1.82) is 0 Å². The molecule has 0 aliphatic carbocycles. The van der Waals surface area contributed by atoms with Crippen molar-refractivity contribution < 1.29 is 9.53 Å². The minimum Gasteiger partial charge on any atom is -0.462 e. The Kier molecular flexibility index (Phi) is 6.67. The maximum atomic E-state index is 13.0. The highest BCUT2D eigenvalue weighted by Gasteiger charge is 2.20. The molecule has 0 saturated heterocycles. The Labute approximate surface area is 216 Å². The fourth-order valence-electron chi connectivity index (χ4n) is 3.94. The molecule has 0 N–H and O–H groups in total. The van der Waals surface area contributed by atoms with E-state index in [-0.39, 0.29) is 12.2 Å². The Balaban J connectivity index is 1.34. The van der Waals surface area contributed by atoms with Crippen molar-refractivity contribution in [2.45, 2.75) is 20.3 Å². The van der Waals surface area contributed by atoms with Crippen LogP contribution in [-0.2, 0) is 4.74 Å². The molecule has 4 aromatic rings. The minimum absolute atomic E-state index is 0.265. The van der Waals surface area contributed by atoms with E-state index in [9.17, 15) is 9.59 Å². The van der Waals surface area contributed by atoms with Gasteiger partial charge in [0.05, 0.1) is 29.6 Å². The number of thiophene rings is 1. The fourth-order valence-corrected chi connectivity index (χ4v) is 5.10. The quantitative estimate of drug-likeness (QED) is 0.261. The Morgan fingerprint density at radius 1 is 1.19 bits per heavy atom. The first kappa shape index (κ1) is 23.9. The zero-order valence-corrected chi connectivity index (χ0v) is 21.2. The molecule has 2 aromatic heterocycles. The number of fused-ring (bicyclic) bond motifs is 1. The molecule has 0 saturated carbocycles. The molecule has 0 spiro atoms. The average Bonchev–Trinajstić information content (AvgIpc) is 3.50. The number of ether oxygens (including phenoxy) is 1. The zero-order chi connectivity index (χ0) is 25.2. The van der Waals surface area contributed by atoms with Crippen LogP contribution in [0.15, 0.2) is 69.9 Å². The summed E-state index contributed by atoms with van der Waals surface area (Å²) in [5.41, 5.74) is 4.10. The molecule has 10 heteroatoms. The lowest BCUT2D eigenvalue weighted by Crippen LogP contribution is -2.17. The number of carbonyl (C=O) groups is 1. The van der Waals surface area contributed by atoms with Crippen molar-refractivity contribution in [3.05, 3.63) is 91.8 Å². The number of rotatable bonds is 6. The van der Waals surface area contributed by atoms with Crippen molar-refractivity contribution >= 4 is 56.7 Å². The van der Waals surface area contributed by atoms with Gasteiger partial charge in [-0.3, -0.25) is 9.80 Å². The molecule has 5 rings (SSSR count). The van der Waals surface area contributed by atoms with Crippen molar-refractivity contribution in [2.75, 3.05) is 18.2 Å². The van der Waals surface area contributed by atoms with Crippen LogP contribution in [0.3, 0.4) is 0 Å². The molecule has 1 aliphatic heterocycles. The molecule has 0 bridgehead atoms. The molecule has 0 radical (unpaired) electrons. The fraction of sp³-hybridized carbons (Fsp3) is 0.192. The van der Waals surface area contributed by atoms with Gasteiger partial charge in [0.25, 0.3) is 5.56 Å². The van der Waals surface area contributed by atoms with Gasteiger partial charge in [-0.25, -0.2) is 9.78 Å². The molecular formula is C26H22ClN5O3S. The van der Waals surface area contributed by atoms with Gasteiger partial charge in [0, 0.05) is 18.0 Å². The SMILES string of the molecule is CCOC(=O)c1sc2ncn(/N=C/c3ccc(N4CCC(c5ccc(Cl)cc5)=N4)cc3)c(=O)c2c1C. The van der Waals surface area contributed by atoms with Crippen LogP contribution in [0.5, 0.6) is 0 Å². The largest absolute Gasteiger partial charge is 0.462 e. The molecule has 2 aromatic carbocycles. The number of anilines is 1. The third kappa shape index (κ3) is 4.67. The van der Waals surface area contributed by atoms with Crippen molar-refractivity contribution in [3.8, 4) is 0 Å². The van der Waals surface area contributed by atoms with Crippen molar-refractivity contribution in [3.63, 3.8) is 0 Å². The predicted molar refractivity (Wildman–Crippen MR) is 144 cm³/mol. The second-order valence-corrected chi connectivity index (χ2v) is 9.55. The number of hydrazone groups is 1. The number of esters is 1. The van der Waals surface area contributed by atoms with Gasteiger partial charge in [0.1, 0.15) is 16.0 Å². The van der Waals surface area contributed by atoms with Crippen LogP contribution in [0.2, 0.25) is 5.02 Å². The smallest absolute Gasteiger partial charge is 0.348 e. The summed E-state index contributed by atoms with van der Waals surface area (Å²) in [5, 5.41) is 12.1. The first-order valence-electron chi connectivity index (χ1n) is 11.4. The highest BCUT2D eigenvalue weighted by molar-refractivity contribution is 7.20. The molecule has 0 fully saturated rings. The minimum atomic E-state index is -0.449. The normalized spacial score (nSPS) is 13.5. The van der Waals surface area contributed by atoms with E-state index >= 15 is 0 Å². The van der Waals surface area contributed by atoms with Gasteiger partial charge >= 0.3 is 5.97 Å². The molecule has 0 amide bonds. The third-order valence-electron chi connectivity index (χ3n) is 5.80. The monoisotopic (exact) mass is 519 g/mol. The average molecular weight is 520 g/mol. The molecule has 182 valence electrons. The van der Waals surface area contributed by atoms with Gasteiger partial charge in [-0.15, -0.1) is 11.3 Å². The van der Waals surface area contributed by atoms with Gasteiger partial charge in [-0.2, -0.15) is 14.9 Å². The zero-order valence-electron chi connectivity index (χ0n) is 19.6. The number of halogens is 1. The van der Waals surface area contributed by atoms with Gasteiger partial charge in [0.2, 0.25) is 0 Å². The van der Waals surface area contributed by atoms with Crippen molar-refractivity contribution in [1.82, 2.24) is 9.66 Å². The molecule has 36 heavy (non-hydrogen) atoms. The second kappa shape index (κ2) is 10.0. The molecular weight excluding hydrogens is 498 g/mol. The van der Waals surface area contributed by atoms with Crippen molar-refractivity contribution in [2.24, 2.45) is 10.2 Å². The Morgan fingerprint density at radius 3 is 2.67 bits per heavy atom. The lowest BCUT2D eigenvalue weighted by Gasteiger charge is -2.13. The van der Waals surface area contributed by atoms with Crippen LogP contribution >= 0.6 is 22.9 Å². The molecule has 3 heterocycles. The lowest BCUT2D eigenvalue weighted by molar-refractivity contribution is 0.0531. The summed E-state index contributed by atoms with van der Waals surface area (Å²) in [6.45, 7) is 4.52. The topological polar surface area (TPSA) is 89.2 Å². The van der Waals surface area contributed by atoms with E-state index in [1.54, 1.807) is 20.1 Å². The molecule has 8 nitrogen and oxygen atoms in total. The van der Waals surface area contributed by atoms with E-state index in [1.165, 1.54) is 11.0 Å². The van der Waals surface area contributed by atoms with E-state index in [2.05, 4.69) is 10.1 Å². The number of aromatic nitrogens is 2. The number of benzene rings is 2. The van der Waals surface area contributed by atoms with Crippen LogP contribution in [0, 0.1) is 6.92 Å². The van der Waals surface area contributed by atoms with E-state index in [4.69, 9.17) is 21.4 Å². The first-order chi connectivity index (χ1) is 17.4.